The first-order chi connectivity index (χ1) is 41.9. The molecule has 0 saturated carbocycles. The summed E-state index contributed by atoms with van der Waals surface area (Å²) >= 11 is 6.01. The molecule has 5 heterocycles. The SMILES string of the molecule is CC[C@H]1O[C@]2(CC[C@@H]1C)C[C@@H]1C[C@@H](C/C=C(\C)[C@@H](OC(=O)/C(=N\OC)c3ccccc3)[C@@H](C)/C=C/C=C3\CO[C@@H]4[C@H](O)C(C)=C[C@@H](C(=O)O1)[C@]34O)O2.Cn1nc(C(F)(F)C(F)(F)F)c(C(F)(F)F)c1C(=O)Nc1ccc(Cl)c(C(=O)NCc2ccccc2)c1. The van der Waals surface area contributed by atoms with Crippen LogP contribution in [-0.2, 0) is 63.8 Å². The summed E-state index contributed by atoms with van der Waals surface area (Å²) in [4.78, 5) is 58.1. The topological polar surface area (TPSA) is 218 Å². The van der Waals surface area contributed by atoms with Gasteiger partial charge < -0.3 is 49.4 Å². The van der Waals surface area contributed by atoms with Gasteiger partial charge in [0.05, 0.1) is 29.4 Å². The molecule has 11 atom stereocenters. The number of amides is 2. The standard InChI is InChI=1S/C41H53NO10.C22H15ClF8N4O2/c1-7-33-24(2)18-19-40(52-33)22-31-21-30(51-40)17-16-26(4)36(50-39(45)34(42-47-6)28-13-9-8-10-14-28)25(3)12-11-15-29-23-48-37-35(43)27(5)20-32(38(44)49-31)41(29,37)46;1-35-16(15(21(26,27)28)17(34-35)20(24,25)22(29,30)31)19(37)33-12-7-8-14(23)13(9-12)18(36)32-10-11-5-3-2-4-6-11/h8-16,20,24-25,30-33,35-37,43,46H,7,17-19,21-23H2,1-6H3;2-9H,10H2,1H3,(H,32,36)(H,33,37)/b12-11+,26-16+,29-15+,42-34-;/t24-,25-,30+,31-,32-,33+,35+,36-,37+,40+,41+;/m0./s1. The highest BCUT2D eigenvalue weighted by Gasteiger charge is 2.65. The molecule has 3 aromatic carbocycles. The molecule has 480 valence electrons. The Bertz CT molecular complexity index is 3410. The number of hydrogen-bond donors (Lipinski definition) is 4. The van der Waals surface area contributed by atoms with E-state index in [9.17, 15) is 64.5 Å². The maximum atomic E-state index is 14.1. The third-order valence-corrected chi connectivity index (χ3v) is 16.7. The van der Waals surface area contributed by atoms with Gasteiger partial charge in [-0.2, -0.15) is 40.2 Å². The number of nitrogens with one attached hydrogen (secondary N) is 2. The van der Waals surface area contributed by atoms with Crippen molar-refractivity contribution in [2.24, 2.45) is 30.0 Å². The van der Waals surface area contributed by atoms with Crippen molar-refractivity contribution >= 4 is 46.8 Å². The minimum Gasteiger partial charge on any atom is -0.462 e. The Hall–Kier alpha value is -7.29. The lowest BCUT2D eigenvalue weighted by Crippen LogP contribution is -2.58. The van der Waals surface area contributed by atoms with Gasteiger partial charge in [-0.3, -0.25) is 19.1 Å². The summed E-state index contributed by atoms with van der Waals surface area (Å²) in [5.41, 5.74) is -6.04. The van der Waals surface area contributed by atoms with Crippen LogP contribution in [0.25, 0.3) is 0 Å². The Balaban J connectivity index is 0.000000244. The van der Waals surface area contributed by atoms with Crippen molar-refractivity contribution in [2.45, 2.75) is 146 Å². The number of aliphatic hydroxyl groups is 2. The van der Waals surface area contributed by atoms with Crippen LogP contribution in [0.2, 0.25) is 5.02 Å². The Morgan fingerprint density at radius 1 is 0.933 bits per heavy atom. The first-order valence-corrected chi connectivity index (χ1v) is 29.0. The van der Waals surface area contributed by atoms with Crippen LogP contribution in [0, 0.1) is 17.8 Å². The number of oxime groups is 1. The Morgan fingerprint density at radius 3 is 2.27 bits per heavy atom. The van der Waals surface area contributed by atoms with E-state index in [1.54, 1.807) is 67.6 Å². The first-order valence-electron chi connectivity index (χ1n) is 28.6. The minimum absolute atomic E-state index is 0.00166. The number of nitrogens with zero attached hydrogens (tertiary/aromatic N) is 3. The summed E-state index contributed by atoms with van der Waals surface area (Å²) in [6.07, 6.45) is -3.39. The summed E-state index contributed by atoms with van der Waals surface area (Å²) in [6, 6.07) is 20.9. The molecule has 2 bridgehead atoms. The Labute approximate surface area is 512 Å². The molecule has 1 aromatic heterocycles. The smallest absolute Gasteiger partial charge is 0.459 e. The molecule has 5 aliphatic rings. The highest BCUT2D eigenvalue weighted by molar-refractivity contribution is 6.43. The normalized spacial score (nSPS) is 29.1. The zero-order valence-electron chi connectivity index (χ0n) is 49.5. The van der Waals surface area contributed by atoms with Crippen LogP contribution < -0.4 is 10.6 Å². The second-order valence-electron chi connectivity index (χ2n) is 22.6. The van der Waals surface area contributed by atoms with Gasteiger partial charge in [-0.05, 0) is 79.5 Å². The summed E-state index contributed by atoms with van der Waals surface area (Å²) in [5, 5.41) is 34.5. The highest BCUT2D eigenvalue weighted by Crippen LogP contribution is 2.50. The number of aromatic nitrogens is 2. The fraction of sp³-hybridized carbons (Fsp3) is 0.460. The number of ether oxygens (including phenoxy) is 5. The van der Waals surface area contributed by atoms with Crippen molar-refractivity contribution in [3.63, 3.8) is 0 Å². The van der Waals surface area contributed by atoms with Crippen molar-refractivity contribution in [1.82, 2.24) is 15.1 Å². The number of fused-ring (bicyclic) bond motifs is 2. The number of anilines is 1. The van der Waals surface area contributed by atoms with Crippen molar-refractivity contribution in [1.29, 1.82) is 0 Å². The number of aryl methyl sites for hydroxylation is 1. The summed E-state index contributed by atoms with van der Waals surface area (Å²) in [7, 11) is 1.98. The van der Waals surface area contributed by atoms with E-state index in [-0.39, 0.29) is 57.9 Å². The minimum atomic E-state index is -6.41. The van der Waals surface area contributed by atoms with Gasteiger partial charge in [0.1, 0.15) is 54.3 Å². The largest absolute Gasteiger partial charge is 0.462 e. The van der Waals surface area contributed by atoms with E-state index >= 15 is 0 Å². The second-order valence-corrected chi connectivity index (χ2v) is 23.0. The van der Waals surface area contributed by atoms with Crippen molar-refractivity contribution in [3.8, 4) is 0 Å². The maximum Gasteiger partial charge on any atom is 0.459 e. The van der Waals surface area contributed by atoms with Gasteiger partial charge >= 0.3 is 30.2 Å². The molecule has 0 radical (unpaired) electrons. The second kappa shape index (κ2) is 27.4. The average molecular weight is 1270 g/mol. The number of alkyl halides is 8. The van der Waals surface area contributed by atoms with E-state index in [0.717, 1.165) is 42.2 Å². The summed E-state index contributed by atoms with van der Waals surface area (Å²) in [5.74, 6) is -11.7. The van der Waals surface area contributed by atoms with Crippen molar-refractivity contribution in [2.75, 3.05) is 19.0 Å². The van der Waals surface area contributed by atoms with Gasteiger partial charge in [0.15, 0.2) is 17.2 Å². The van der Waals surface area contributed by atoms with Crippen LogP contribution in [0.4, 0.5) is 40.8 Å². The molecular weight excluding hydrogens is 1210 g/mol. The van der Waals surface area contributed by atoms with Crippen LogP contribution in [0.5, 0.6) is 0 Å². The third kappa shape index (κ3) is 14.8. The van der Waals surface area contributed by atoms with Crippen LogP contribution in [-0.4, -0.2) is 117 Å². The van der Waals surface area contributed by atoms with Crippen LogP contribution in [0.3, 0.4) is 0 Å². The number of carbonyl (C=O) groups excluding carboxylic acids is 4. The third-order valence-electron chi connectivity index (χ3n) is 16.4. The van der Waals surface area contributed by atoms with Gasteiger partial charge in [0, 0.05) is 50.0 Å². The number of aliphatic hydroxyl groups excluding tert-OH is 1. The van der Waals surface area contributed by atoms with E-state index < -0.39 is 101 Å². The lowest BCUT2D eigenvalue weighted by Gasteiger charge is -2.50. The zero-order chi connectivity index (χ0) is 65.0. The average Bonchev–Trinajstić information content (AvgIpc) is 1.83. The van der Waals surface area contributed by atoms with Gasteiger partial charge in [0.2, 0.25) is 0 Å². The number of allylic oxidation sites excluding steroid dienone is 2. The summed E-state index contributed by atoms with van der Waals surface area (Å²) < 4.78 is 139. The van der Waals surface area contributed by atoms with Gasteiger partial charge in [0.25, 0.3) is 11.8 Å². The quantitative estimate of drug-likeness (QED) is 0.0362. The fourth-order valence-electron chi connectivity index (χ4n) is 11.7. The molecule has 4 aliphatic heterocycles. The van der Waals surface area contributed by atoms with E-state index in [2.05, 4.69) is 29.4 Å². The van der Waals surface area contributed by atoms with Crippen molar-refractivity contribution in [3.05, 3.63) is 165 Å². The molecule has 4 N–H and O–H groups in total. The molecule has 89 heavy (non-hydrogen) atoms. The fourth-order valence-corrected chi connectivity index (χ4v) is 11.9. The van der Waals surface area contributed by atoms with E-state index in [4.69, 9.17) is 40.1 Å². The molecule has 1 spiro atoms. The highest BCUT2D eigenvalue weighted by atomic mass is 35.5. The predicted octanol–water partition coefficient (Wildman–Crippen LogP) is 11.4. The number of esters is 2. The monoisotopic (exact) mass is 1270 g/mol. The summed E-state index contributed by atoms with van der Waals surface area (Å²) in [6.45, 7) is 9.97. The van der Waals surface area contributed by atoms with Crippen LogP contribution in [0.15, 0.2) is 131 Å². The molecule has 0 unspecified atom stereocenters. The zero-order valence-corrected chi connectivity index (χ0v) is 50.2. The van der Waals surface area contributed by atoms with E-state index in [1.807, 2.05) is 49.5 Å². The Kier molecular flexibility index (Phi) is 20.9. The van der Waals surface area contributed by atoms with Gasteiger partial charge in [-0.1, -0.05) is 129 Å². The number of rotatable bonds is 11. The maximum absolute atomic E-state index is 14.1. The van der Waals surface area contributed by atoms with Crippen LogP contribution in [0.1, 0.15) is 116 Å². The molecule has 1 aliphatic carbocycles. The van der Waals surface area contributed by atoms with E-state index in [0.29, 0.717) is 55.4 Å². The molecule has 2 amide bonds. The predicted molar refractivity (Wildman–Crippen MR) is 308 cm³/mol. The lowest BCUT2D eigenvalue weighted by atomic mass is 9.71. The molecule has 26 heteroatoms. The molecule has 3 saturated heterocycles. The molecule has 9 rings (SSSR count). The van der Waals surface area contributed by atoms with Gasteiger partial charge in [-0.25, -0.2) is 4.79 Å². The molecule has 17 nitrogen and oxygen atoms in total. The number of halogens is 9. The first kappa shape index (κ1) is 67.6. The number of benzene rings is 3. The Morgan fingerprint density at radius 2 is 1.62 bits per heavy atom. The molecule has 4 aromatic rings. The lowest BCUT2D eigenvalue weighted by molar-refractivity contribution is -0.335. The number of hydrogen-bond acceptors (Lipinski definition) is 14. The van der Waals surface area contributed by atoms with E-state index in [1.165, 1.54) is 7.11 Å². The van der Waals surface area contributed by atoms with Gasteiger partial charge in [-0.15, -0.1) is 0 Å². The molecular formula is C63H68ClF8N5O12. The molecule has 3 fully saturated rings. The number of carbonyl (C=O) groups is 4. The van der Waals surface area contributed by atoms with Crippen LogP contribution >= 0.6 is 11.6 Å². The van der Waals surface area contributed by atoms with Crippen molar-refractivity contribution < 1.29 is 93.0 Å².